The maximum absolute atomic E-state index is 12.6. The van der Waals surface area contributed by atoms with Crippen molar-refractivity contribution in [3.8, 4) is 11.5 Å². The third-order valence-electron chi connectivity index (χ3n) is 4.34. The number of ether oxygens (including phenoxy) is 3. The highest BCUT2D eigenvalue weighted by Crippen LogP contribution is 2.43. The normalized spacial score (nSPS) is 20.4. The van der Waals surface area contributed by atoms with Gasteiger partial charge in [-0.1, -0.05) is 6.92 Å². The molecular formula is C17H24N2O6. The topological polar surface area (TPSA) is 111 Å². The number of carbonyl (C=O) groups is 2. The Hall–Kier alpha value is -2.48. The first-order valence-corrected chi connectivity index (χ1v) is 8.08. The average molecular weight is 352 g/mol. The summed E-state index contributed by atoms with van der Waals surface area (Å²) in [7, 11) is 2.96. The Kier molecular flexibility index (Phi) is 5.73. The number of hydrogen-bond acceptors (Lipinski definition) is 6. The largest absolute Gasteiger partial charge is 0.493 e. The van der Waals surface area contributed by atoms with Crippen LogP contribution in [0.1, 0.15) is 38.3 Å². The van der Waals surface area contributed by atoms with Gasteiger partial charge in [0.2, 0.25) is 0 Å². The molecule has 1 amide bonds. The molecule has 1 aromatic rings. The third kappa shape index (κ3) is 3.63. The van der Waals surface area contributed by atoms with Gasteiger partial charge in [-0.3, -0.25) is 4.90 Å². The van der Waals surface area contributed by atoms with Crippen molar-refractivity contribution in [2.75, 3.05) is 19.1 Å². The highest BCUT2D eigenvalue weighted by atomic mass is 16.6. The van der Waals surface area contributed by atoms with Crippen molar-refractivity contribution < 1.29 is 28.9 Å². The van der Waals surface area contributed by atoms with Crippen LogP contribution in [0.4, 0.5) is 10.5 Å². The van der Waals surface area contributed by atoms with E-state index in [4.69, 9.17) is 19.9 Å². The lowest BCUT2D eigenvalue weighted by Gasteiger charge is -2.37. The fraction of sp³-hybridized carbons (Fsp3) is 0.529. The number of carboxylic acid groups (broad SMARTS) is 1. The minimum absolute atomic E-state index is 0.0768. The molecule has 1 heterocycles. The Morgan fingerprint density at radius 2 is 1.92 bits per heavy atom. The number of hydrogen-bond donors (Lipinski definition) is 2. The Morgan fingerprint density at radius 3 is 2.44 bits per heavy atom. The Labute approximate surface area is 146 Å². The van der Waals surface area contributed by atoms with Crippen LogP contribution in [0, 0.1) is 0 Å². The Bertz CT molecular complexity index is 663. The van der Waals surface area contributed by atoms with E-state index in [0.717, 1.165) is 4.90 Å². The van der Waals surface area contributed by atoms with E-state index in [1.54, 1.807) is 19.1 Å². The number of aliphatic carboxylic acids is 1. The van der Waals surface area contributed by atoms with Crippen molar-refractivity contribution in [1.29, 1.82) is 0 Å². The molecule has 0 radical (unpaired) electrons. The molecule has 2 rings (SSSR count). The van der Waals surface area contributed by atoms with Crippen LogP contribution in [-0.4, -0.2) is 43.5 Å². The molecule has 0 aliphatic carbocycles. The summed E-state index contributed by atoms with van der Waals surface area (Å²) in [5.41, 5.74) is 7.11. The molecule has 8 heteroatoms. The van der Waals surface area contributed by atoms with Crippen LogP contribution in [0.5, 0.6) is 11.5 Å². The molecule has 1 aromatic carbocycles. The van der Waals surface area contributed by atoms with Crippen LogP contribution in [0.15, 0.2) is 12.1 Å². The summed E-state index contributed by atoms with van der Waals surface area (Å²) in [5, 5.41) is 9.56. The van der Waals surface area contributed by atoms with Gasteiger partial charge in [0.05, 0.1) is 19.9 Å². The molecule has 8 nitrogen and oxygen atoms in total. The molecule has 1 aliphatic heterocycles. The second-order valence-corrected chi connectivity index (χ2v) is 5.93. The van der Waals surface area contributed by atoms with Gasteiger partial charge >= 0.3 is 12.1 Å². The number of benzene rings is 1. The van der Waals surface area contributed by atoms with Crippen LogP contribution >= 0.6 is 0 Å². The molecule has 3 atom stereocenters. The summed E-state index contributed by atoms with van der Waals surface area (Å²) in [4.78, 5) is 25.5. The molecule has 0 bridgehead atoms. The zero-order valence-corrected chi connectivity index (χ0v) is 14.8. The van der Waals surface area contributed by atoms with E-state index in [9.17, 15) is 14.7 Å². The molecule has 0 saturated heterocycles. The molecular weight excluding hydrogens is 328 g/mol. The molecule has 25 heavy (non-hydrogen) atoms. The van der Waals surface area contributed by atoms with Gasteiger partial charge < -0.3 is 25.1 Å². The predicted octanol–water partition coefficient (Wildman–Crippen LogP) is 2.30. The average Bonchev–Trinajstić information content (AvgIpc) is 2.59. The van der Waals surface area contributed by atoms with Gasteiger partial charge in [-0.2, -0.15) is 0 Å². The molecule has 1 aliphatic rings. The zero-order valence-electron chi connectivity index (χ0n) is 14.8. The van der Waals surface area contributed by atoms with Crippen molar-refractivity contribution >= 4 is 17.7 Å². The van der Waals surface area contributed by atoms with E-state index in [0.29, 0.717) is 29.2 Å². The number of carbonyl (C=O) groups excluding carboxylic acids is 1. The molecule has 0 aromatic heterocycles. The van der Waals surface area contributed by atoms with E-state index < -0.39 is 24.1 Å². The van der Waals surface area contributed by atoms with E-state index in [-0.39, 0.29) is 12.5 Å². The minimum Gasteiger partial charge on any atom is -0.493 e. The van der Waals surface area contributed by atoms with Gasteiger partial charge in [0.15, 0.2) is 11.5 Å². The first-order chi connectivity index (χ1) is 11.8. The van der Waals surface area contributed by atoms with Gasteiger partial charge in [-0.25, -0.2) is 9.59 Å². The third-order valence-corrected chi connectivity index (χ3v) is 4.34. The number of carboxylic acids is 1. The van der Waals surface area contributed by atoms with E-state index >= 15 is 0 Å². The summed E-state index contributed by atoms with van der Waals surface area (Å²) in [6.45, 7) is 3.62. The van der Waals surface area contributed by atoms with Gasteiger partial charge in [0.25, 0.3) is 0 Å². The lowest BCUT2D eigenvalue weighted by atomic mass is 9.91. The lowest BCUT2D eigenvalue weighted by molar-refractivity contribution is -0.139. The lowest BCUT2D eigenvalue weighted by Crippen LogP contribution is -2.51. The van der Waals surface area contributed by atoms with E-state index in [1.807, 2.05) is 6.92 Å². The zero-order chi connectivity index (χ0) is 18.7. The second-order valence-electron chi connectivity index (χ2n) is 5.93. The van der Waals surface area contributed by atoms with Crippen LogP contribution in [0.3, 0.4) is 0 Å². The number of anilines is 1. The van der Waals surface area contributed by atoms with Gasteiger partial charge in [0.1, 0.15) is 12.1 Å². The highest BCUT2D eigenvalue weighted by molar-refractivity contribution is 5.97. The van der Waals surface area contributed by atoms with Crippen LogP contribution < -0.4 is 20.1 Å². The molecule has 0 fully saturated rings. The van der Waals surface area contributed by atoms with Crippen molar-refractivity contribution in [2.45, 2.75) is 44.9 Å². The van der Waals surface area contributed by atoms with E-state index in [2.05, 4.69) is 0 Å². The van der Waals surface area contributed by atoms with E-state index in [1.165, 1.54) is 14.2 Å². The minimum atomic E-state index is -1.14. The Morgan fingerprint density at radius 1 is 1.32 bits per heavy atom. The fourth-order valence-corrected chi connectivity index (χ4v) is 2.78. The molecule has 3 N–H and O–H groups in total. The number of nitrogens with two attached hydrogens (primary N) is 1. The van der Waals surface area contributed by atoms with Crippen molar-refractivity contribution in [2.24, 2.45) is 5.73 Å². The summed E-state index contributed by atoms with van der Waals surface area (Å²) in [6.07, 6.45) is -0.355. The maximum atomic E-state index is 12.6. The molecule has 1 unspecified atom stereocenters. The van der Waals surface area contributed by atoms with Crippen LogP contribution in [-0.2, 0) is 9.53 Å². The summed E-state index contributed by atoms with van der Waals surface area (Å²) in [5.74, 6) is -0.307. The SMILES string of the molecule is CCC(C)OC(=O)N1c2cc(OC)c(OC)cc2[C@H](N)C[C@@H]1C(=O)O. The van der Waals surface area contributed by atoms with Crippen molar-refractivity contribution in [3.05, 3.63) is 17.7 Å². The standard InChI is InChI=1S/C17H24N2O6/c1-5-9(2)25-17(22)19-12-8-15(24-4)14(23-3)6-10(12)11(18)7-13(19)16(20)21/h6,8-9,11,13H,5,7,18H2,1-4H3,(H,20,21)/t9?,11-,13-/m1/s1. The summed E-state index contributed by atoms with van der Waals surface area (Å²) in [6, 6.07) is 1.56. The smallest absolute Gasteiger partial charge is 0.415 e. The first-order valence-electron chi connectivity index (χ1n) is 8.08. The first kappa shape index (κ1) is 18.9. The second kappa shape index (κ2) is 7.60. The Balaban J connectivity index is 2.56. The maximum Gasteiger partial charge on any atom is 0.415 e. The summed E-state index contributed by atoms with van der Waals surface area (Å²) >= 11 is 0. The number of amides is 1. The predicted molar refractivity (Wildman–Crippen MR) is 91.2 cm³/mol. The van der Waals surface area contributed by atoms with Gasteiger partial charge in [-0.05, 0) is 31.4 Å². The molecule has 0 saturated carbocycles. The number of fused-ring (bicyclic) bond motifs is 1. The van der Waals surface area contributed by atoms with Crippen molar-refractivity contribution in [1.82, 2.24) is 0 Å². The molecule has 0 spiro atoms. The van der Waals surface area contributed by atoms with Gasteiger partial charge in [0, 0.05) is 12.1 Å². The highest BCUT2D eigenvalue weighted by Gasteiger charge is 2.41. The monoisotopic (exact) mass is 352 g/mol. The van der Waals surface area contributed by atoms with Crippen LogP contribution in [0.25, 0.3) is 0 Å². The van der Waals surface area contributed by atoms with Crippen molar-refractivity contribution in [3.63, 3.8) is 0 Å². The quantitative estimate of drug-likeness (QED) is 0.836. The number of nitrogens with zero attached hydrogens (tertiary/aromatic N) is 1. The number of rotatable bonds is 5. The van der Waals surface area contributed by atoms with Gasteiger partial charge in [-0.15, -0.1) is 0 Å². The summed E-state index contributed by atoms with van der Waals surface area (Å²) < 4.78 is 15.9. The fourth-order valence-electron chi connectivity index (χ4n) is 2.78. The number of methoxy groups -OCH3 is 2. The molecule has 138 valence electrons. The van der Waals surface area contributed by atoms with Crippen LogP contribution in [0.2, 0.25) is 0 Å².